The number of hydrogen-bond acceptors (Lipinski definition) is 3. The highest BCUT2D eigenvalue weighted by Gasteiger charge is 2.31. The molecule has 0 saturated heterocycles. The molecule has 1 amide bonds. The zero-order chi connectivity index (χ0) is 17.6. The number of amides is 1. The molecule has 1 heterocycles. The SMILES string of the molecule is O=C(/C=C/c1ccccc1OC(F)F)N(Cc1ccncc1)C1CC1. The van der Waals surface area contributed by atoms with Crippen molar-refractivity contribution in [3.8, 4) is 5.75 Å². The Labute approximate surface area is 144 Å². The smallest absolute Gasteiger partial charge is 0.387 e. The molecule has 0 N–H and O–H groups in total. The molecule has 0 aliphatic heterocycles. The van der Waals surface area contributed by atoms with Crippen molar-refractivity contribution in [1.82, 2.24) is 9.88 Å². The maximum absolute atomic E-state index is 12.6. The van der Waals surface area contributed by atoms with Gasteiger partial charge in [0, 0.05) is 36.6 Å². The number of para-hydroxylation sites is 1. The fraction of sp³-hybridized carbons (Fsp3) is 0.263. The summed E-state index contributed by atoms with van der Waals surface area (Å²) in [6.07, 6.45) is 8.28. The van der Waals surface area contributed by atoms with E-state index in [1.165, 1.54) is 18.2 Å². The number of carbonyl (C=O) groups is 1. The summed E-state index contributed by atoms with van der Waals surface area (Å²) in [5.41, 5.74) is 1.45. The number of aromatic nitrogens is 1. The van der Waals surface area contributed by atoms with Crippen LogP contribution in [-0.4, -0.2) is 28.4 Å². The Morgan fingerprint density at radius 3 is 2.64 bits per heavy atom. The van der Waals surface area contributed by atoms with E-state index in [-0.39, 0.29) is 17.7 Å². The molecule has 1 aliphatic rings. The summed E-state index contributed by atoms with van der Waals surface area (Å²) < 4.78 is 29.4. The molecule has 3 rings (SSSR count). The molecule has 0 radical (unpaired) electrons. The third-order valence-corrected chi connectivity index (χ3v) is 3.91. The first-order valence-corrected chi connectivity index (χ1v) is 8.05. The molecule has 0 spiro atoms. The Balaban J connectivity index is 1.72. The van der Waals surface area contributed by atoms with Gasteiger partial charge in [0.25, 0.3) is 0 Å². The minimum Gasteiger partial charge on any atom is -0.434 e. The minimum absolute atomic E-state index is 0.0497. The molecule has 0 atom stereocenters. The zero-order valence-electron chi connectivity index (χ0n) is 13.5. The van der Waals surface area contributed by atoms with Crippen LogP contribution in [0.3, 0.4) is 0 Å². The molecule has 1 aromatic heterocycles. The number of pyridine rings is 1. The van der Waals surface area contributed by atoms with Crippen molar-refractivity contribution in [3.05, 3.63) is 66.0 Å². The number of carbonyl (C=O) groups excluding carboxylic acids is 1. The van der Waals surface area contributed by atoms with Crippen LogP contribution in [0, 0.1) is 0 Å². The van der Waals surface area contributed by atoms with Crippen LogP contribution in [-0.2, 0) is 11.3 Å². The van der Waals surface area contributed by atoms with Gasteiger partial charge in [-0.25, -0.2) is 0 Å². The van der Waals surface area contributed by atoms with Gasteiger partial charge in [0.2, 0.25) is 5.91 Å². The van der Waals surface area contributed by atoms with E-state index in [9.17, 15) is 13.6 Å². The maximum atomic E-state index is 12.6. The monoisotopic (exact) mass is 344 g/mol. The van der Waals surface area contributed by atoms with Gasteiger partial charge in [-0.3, -0.25) is 9.78 Å². The van der Waals surface area contributed by atoms with Crippen molar-refractivity contribution in [1.29, 1.82) is 0 Å². The fourth-order valence-corrected chi connectivity index (χ4v) is 2.54. The first-order chi connectivity index (χ1) is 12.1. The summed E-state index contributed by atoms with van der Waals surface area (Å²) >= 11 is 0. The Kier molecular flexibility index (Phi) is 5.38. The van der Waals surface area contributed by atoms with Crippen molar-refractivity contribution in [2.75, 3.05) is 0 Å². The topological polar surface area (TPSA) is 42.4 Å². The average molecular weight is 344 g/mol. The molecule has 1 aromatic carbocycles. The van der Waals surface area contributed by atoms with Crippen LogP contribution in [0.5, 0.6) is 5.75 Å². The van der Waals surface area contributed by atoms with Crippen molar-refractivity contribution in [2.24, 2.45) is 0 Å². The first-order valence-electron chi connectivity index (χ1n) is 8.05. The van der Waals surface area contributed by atoms with Crippen molar-refractivity contribution in [2.45, 2.75) is 32.0 Å². The van der Waals surface area contributed by atoms with Crippen LogP contribution in [0.1, 0.15) is 24.0 Å². The van der Waals surface area contributed by atoms with E-state index in [1.54, 1.807) is 35.5 Å². The van der Waals surface area contributed by atoms with Crippen LogP contribution < -0.4 is 4.74 Å². The lowest BCUT2D eigenvalue weighted by molar-refractivity contribution is -0.127. The number of benzene rings is 1. The molecular formula is C19H18F2N2O2. The fourth-order valence-electron chi connectivity index (χ4n) is 2.54. The summed E-state index contributed by atoms with van der Waals surface area (Å²) in [7, 11) is 0. The number of nitrogens with zero attached hydrogens (tertiary/aromatic N) is 2. The van der Waals surface area contributed by atoms with E-state index < -0.39 is 6.61 Å². The number of hydrogen-bond donors (Lipinski definition) is 0. The molecule has 4 nitrogen and oxygen atoms in total. The van der Waals surface area contributed by atoms with Gasteiger partial charge >= 0.3 is 6.61 Å². The summed E-state index contributed by atoms with van der Waals surface area (Å²) in [6.45, 7) is -2.40. The lowest BCUT2D eigenvalue weighted by atomic mass is 10.2. The molecule has 1 saturated carbocycles. The third-order valence-electron chi connectivity index (χ3n) is 3.91. The van der Waals surface area contributed by atoms with Gasteiger partial charge in [-0.1, -0.05) is 18.2 Å². The minimum atomic E-state index is -2.90. The summed E-state index contributed by atoms with van der Waals surface area (Å²) in [5.74, 6) is -0.0974. The van der Waals surface area contributed by atoms with Gasteiger partial charge < -0.3 is 9.64 Å². The first kappa shape index (κ1) is 17.1. The highest BCUT2D eigenvalue weighted by molar-refractivity contribution is 5.92. The van der Waals surface area contributed by atoms with Gasteiger partial charge in [0.1, 0.15) is 5.75 Å². The van der Waals surface area contributed by atoms with E-state index >= 15 is 0 Å². The molecule has 1 aliphatic carbocycles. The molecule has 0 bridgehead atoms. The van der Waals surface area contributed by atoms with E-state index in [2.05, 4.69) is 9.72 Å². The van der Waals surface area contributed by atoms with Crippen molar-refractivity contribution in [3.63, 3.8) is 0 Å². The Bertz CT molecular complexity index is 746. The van der Waals surface area contributed by atoms with Crippen LogP contribution in [0.25, 0.3) is 6.08 Å². The second-order valence-corrected chi connectivity index (χ2v) is 5.80. The predicted octanol–water partition coefficient (Wildman–Crippen LogP) is 3.89. The van der Waals surface area contributed by atoms with Crippen molar-refractivity contribution >= 4 is 12.0 Å². The maximum Gasteiger partial charge on any atom is 0.387 e. The van der Waals surface area contributed by atoms with E-state index in [0.717, 1.165) is 18.4 Å². The van der Waals surface area contributed by atoms with Gasteiger partial charge in [0.05, 0.1) is 0 Å². The second-order valence-electron chi connectivity index (χ2n) is 5.80. The number of ether oxygens (including phenoxy) is 1. The molecule has 25 heavy (non-hydrogen) atoms. The molecule has 2 aromatic rings. The summed E-state index contributed by atoms with van der Waals surface area (Å²) in [6, 6.07) is 10.4. The van der Waals surface area contributed by atoms with Crippen LogP contribution in [0.2, 0.25) is 0 Å². The standard InChI is InChI=1S/C19H18F2N2O2/c20-19(21)25-17-4-2-1-3-15(17)5-8-18(24)23(16-6-7-16)13-14-9-11-22-12-10-14/h1-5,8-12,16,19H,6-7,13H2/b8-5+. The Morgan fingerprint density at radius 1 is 1.24 bits per heavy atom. The van der Waals surface area contributed by atoms with Crippen LogP contribution >= 0.6 is 0 Å². The number of halogens is 2. The van der Waals surface area contributed by atoms with Gasteiger partial charge in [-0.2, -0.15) is 8.78 Å². The molecule has 1 fully saturated rings. The lowest BCUT2D eigenvalue weighted by Gasteiger charge is -2.21. The van der Waals surface area contributed by atoms with Crippen LogP contribution in [0.4, 0.5) is 8.78 Å². The number of alkyl halides is 2. The summed E-state index contributed by atoms with van der Waals surface area (Å²) in [4.78, 5) is 18.3. The van der Waals surface area contributed by atoms with E-state index in [1.807, 2.05) is 12.1 Å². The van der Waals surface area contributed by atoms with Gasteiger partial charge in [-0.05, 0) is 42.7 Å². The van der Waals surface area contributed by atoms with Gasteiger partial charge in [0.15, 0.2) is 0 Å². The summed E-state index contributed by atoms with van der Waals surface area (Å²) in [5, 5.41) is 0. The van der Waals surface area contributed by atoms with Crippen molar-refractivity contribution < 1.29 is 18.3 Å². The number of rotatable bonds is 7. The van der Waals surface area contributed by atoms with Crippen LogP contribution in [0.15, 0.2) is 54.9 Å². The normalized spacial score (nSPS) is 14.0. The second kappa shape index (κ2) is 7.88. The Morgan fingerprint density at radius 2 is 1.96 bits per heavy atom. The molecule has 130 valence electrons. The lowest BCUT2D eigenvalue weighted by Crippen LogP contribution is -2.31. The quantitative estimate of drug-likeness (QED) is 0.716. The van der Waals surface area contributed by atoms with E-state index in [0.29, 0.717) is 12.1 Å². The zero-order valence-corrected chi connectivity index (χ0v) is 13.5. The highest BCUT2D eigenvalue weighted by Crippen LogP contribution is 2.29. The largest absolute Gasteiger partial charge is 0.434 e. The predicted molar refractivity (Wildman–Crippen MR) is 89.9 cm³/mol. The van der Waals surface area contributed by atoms with Gasteiger partial charge in [-0.15, -0.1) is 0 Å². The molecular weight excluding hydrogens is 326 g/mol. The third kappa shape index (κ3) is 4.86. The molecule has 0 unspecified atom stereocenters. The Hall–Kier alpha value is -2.76. The molecule has 6 heteroatoms. The highest BCUT2D eigenvalue weighted by atomic mass is 19.3. The average Bonchev–Trinajstić information content (AvgIpc) is 3.44. The van der Waals surface area contributed by atoms with E-state index in [4.69, 9.17) is 0 Å².